The van der Waals surface area contributed by atoms with Gasteiger partial charge in [0.25, 0.3) is 5.56 Å². The number of halogens is 1. The second-order valence-corrected chi connectivity index (χ2v) is 6.94. The lowest BCUT2D eigenvalue weighted by atomic mass is 10.2. The zero-order valence-corrected chi connectivity index (χ0v) is 16.5. The van der Waals surface area contributed by atoms with Crippen molar-refractivity contribution in [3.05, 3.63) is 67.4 Å². The van der Waals surface area contributed by atoms with Crippen molar-refractivity contribution in [2.24, 2.45) is 14.1 Å². The van der Waals surface area contributed by atoms with Gasteiger partial charge in [-0.3, -0.25) is 18.5 Å². The standard InChI is InChI=1S/C18H16BrN5O3/c1-10-12(20-14(27-10)11-7-5-4-6-8-11)9-24-15-13(21-17(24)19)16(25)23(3)18(26)22(15)2/h4-8H,9H2,1-3H3. The van der Waals surface area contributed by atoms with E-state index >= 15 is 0 Å². The average molecular weight is 430 g/mol. The van der Waals surface area contributed by atoms with Crippen molar-refractivity contribution in [2.75, 3.05) is 0 Å². The van der Waals surface area contributed by atoms with Crippen molar-refractivity contribution < 1.29 is 4.42 Å². The van der Waals surface area contributed by atoms with E-state index < -0.39 is 11.2 Å². The third-order valence-electron chi connectivity index (χ3n) is 4.51. The van der Waals surface area contributed by atoms with Gasteiger partial charge in [-0.1, -0.05) is 18.2 Å². The van der Waals surface area contributed by atoms with E-state index in [9.17, 15) is 9.59 Å². The van der Waals surface area contributed by atoms with E-state index in [4.69, 9.17) is 4.42 Å². The molecule has 0 aliphatic heterocycles. The summed E-state index contributed by atoms with van der Waals surface area (Å²) in [6, 6.07) is 9.60. The van der Waals surface area contributed by atoms with Crippen molar-refractivity contribution >= 4 is 27.1 Å². The normalized spacial score (nSPS) is 11.4. The van der Waals surface area contributed by atoms with Crippen molar-refractivity contribution in [2.45, 2.75) is 13.5 Å². The summed E-state index contributed by atoms with van der Waals surface area (Å²) in [5.74, 6) is 1.19. The van der Waals surface area contributed by atoms with Crippen LogP contribution in [0, 0.1) is 6.92 Å². The molecule has 9 heteroatoms. The fourth-order valence-electron chi connectivity index (χ4n) is 3.03. The quantitative estimate of drug-likeness (QED) is 0.465. The molecule has 0 unspecified atom stereocenters. The molecule has 0 spiro atoms. The number of hydrogen-bond acceptors (Lipinski definition) is 5. The van der Waals surface area contributed by atoms with E-state index in [0.717, 1.165) is 10.1 Å². The molecule has 0 saturated carbocycles. The topological polar surface area (TPSA) is 87.8 Å². The highest BCUT2D eigenvalue weighted by Crippen LogP contribution is 2.24. The number of fused-ring (bicyclic) bond motifs is 1. The van der Waals surface area contributed by atoms with Gasteiger partial charge in [0.2, 0.25) is 5.89 Å². The highest BCUT2D eigenvalue weighted by atomic mass is 79.9. The lowest BCUT2D eigenvalue weighted by Crippen LogP contribution is -2.37. The monoisotopic (exact) mass is 429 g/mol. The van der Waals surface area contributed by atoms with Gasteiger partial charge in [-0.2, -0.15) is 0 Å². The Labute approximate surface area is 161 Å². The summed E-state index contributed by atoms with van der Waals surface area (Å²) in [5, 5.41) is 0. The molecule has 0 atom stereocenters. The number of hydrogen-bond donors (Lipinski definition) is 0. The smallest absolute Gasteiger partial charge is 0.332 e. The average Bonchev–Trinajstić information content (AvgIpc) is 3.20. The molecule has 0 fully saturated rings. The van der Waals surface area contributed by atoms with Crippen LogP contribution in [0.1, 0.15) is 11.5 Å². The highest BCUT2D eigenvalue weighted by molar-refractivity contribution is 9.10. The van der Waals surface area contributed by atoms with Gasteiger partial charge in [0.05, 0.1) is 6.54 Å². The molecule has 138 valence electrons. The maximum atomic E-state index is 12.4. The summed E-state index contributed by atoms with van der Waals surface area (Å²) >= 11 is 3.39. The molecule has 3 heterocycles. The van der Waals surface area contributed by atoms with Crippen LogP contribution < -0.4 is 11.2 Å². The summed E-state index contributed by atoms with van der Waals surface area (Å²) in [4.78, 5) is 33.6. The predicted octanol–water partition coefficient (Wildman–Crippen LogP) is 2.21. The fourth-order valence-corrected chi connectivity index (χ4v) is 3.50. The fraction of sp³-hybridized carbons (Fsp3) is 0.222. The van der Waals surface area contributed by atoms with Crippen LogP contribution in [0.15, 0.2) is 49.1 Å². The predicted molar refractivity (Wildman–Crippen MR) is 104 cm³/mol. The van der Waals surface area contributed by atoms with E-state index in [0.29, 0.717) is 34.3 Å². The molecule has 8 nitrogen and oxygen atoms in total. The van der Waals surface area contributed by atoms with Crippen LogP contribution in [-0.2, 0) is 20.6 Å². The molecule has 0 bridgehead atoms. The number of nitrogens with zero attached hydrogens (tertiary/aromatic N) is 5. The molecule has 0 saturated heterocycles. The van der Waals surface area contributed by atoms with Gasteiger partial charge in [0.1, 0.15) is 11.5 Å². The molecular weight excluding hydrogens is 414 g/mol. The first kappa shape index (κ1) is 17.5. The Bertz CT molecular complexity index is 1280. The Balaban J connectivity index is 1.86. The van der Waals surface area contributed by atoms with Crippen LogP contribution in [0.3, 0.4) is 0 Å². The maximum Gasteiger partial charge on any atom is 0.332 e. The number of rotatable bonds is 3. The van der Waals surface area contributed by atoms with Gasteiger partial charge in [0, 0.05) is 19.7 Å². The molecule has 3 aromatic heterocycles. The molecule has 4 rings (SSSR count). The van der Waals surface area contributed by atoms with Gasteiger partial charge >= 0.3 is 5.69 Å². The molecule has 0 aliphatic rings. The summed E-state index contributed by atoms with van der Waals surface area (Å²) in [7, 11) is 3.05. The lowest BCUT2D eigenvalue weighted by Gasteiger charge is -2.08. The maximum absolute atomic E-state index is 12.4. The van der Waals surface area contributed by atoms with Crippen molar-refractivity contribution in [3.63, 3.8) is 0 Å². The molecule has 27 heavy (non-hydrogen) atoms. The van der Waals surface area contributed by atoms with Gasteiger partial charge in [0.15, 0.2) is 15.9 Å². The third kappa shape index (κ3) is 2.74. The number of benzene rings is 1. The van der Waals surface area contributed by atoms with E-state index in [1.54, 1.807) is 11.6 Å². The van der Waals surface area contributed by atoms with E-state index in [-0.39, 0.29) is 5.52 Å². The highest BCUT2D eigenvalue weighted by Gasteiger charge is 2.20. The number of imidazole rings is 1. The largest absolute Gasteiger partial charge is 0.441 e. The molecule has 0 amide bonds. The van der Waals surface area contributed by atoms with Crippen LogP contribution >= 0.6 is 15.9 Å². The minimum absolute atomic E-state index is 0.218. The number of aryl methyl sites for hydroxylation is 2. The van der Waals surface area contributed by atoms with Crippen LogP contribution in [0.2, 0.25) is 0 Å². The first-order chi connectivity index (χ1) is 12.9. The molecule has 0 N–H and O–H groups in total. The minimum Gasteiger partial charge on any atom is -0.441 e. The van der Waals surface area contributed by atoms with Gasteiger partial charge in [-0.05, 0) is 35.0 Å². The molecule has 0 aliphatic carbocycles. The zero-order valence-electron chi connectivity index (χ0n) is 14.9. The Kier molecular flexibility index (Phi) is 4.11. The van der Waals surface area contributed by atoms with Crippen LogP contribution in [0.4, 0.5) is 0 Å². The third-order valence-corrected chi connectivity index (χ3v) is 5.12. The Morgan fingerprint density at radius 2 is 1.78 bits per heavy atom. The van der Waals surface area contributed by atoms with Crippen molar-refractivity contribution in [1.29, 1.82) is 0 Å². The first-order valence-electron chi connectivity index (χ1n) is 8.22. The Morgan fingerprint density at radius 3 is 2.48 bits per heavy atom. The van der Waals surface area contributed by atoms with Gasteiger partial charge in [-0.15, -0.1) is 0 Å². The van der Waals surface area contributed by atoms with Crippen LogP contribution in [0.25, 0.3) is 22.6 Å². The second-order valence-electron chi connectivity index (χ2n) is 6.23. The molecule has 0 radical (unpaired) electrons. The SMILES string of the molecule is Cc1oc(-c2ccccc2)nc1Cn1c(Br)nc2c(=O)n(C)c(=O)n(C)c21. The number of oxazole rings is 1. The second kappa shape index (κ2) is 6.34. The molecule has 1 aromatic carbocycles. The van der Waals surface area contributed by atoms with Crippen molar-refractivity contribution in [3.8, 4) is 11.5 Å². The van der Waals surface area contributed by atoms with Gasteiger partial charge < -0.3 is 4.42 Å². The first-order valence-corrected chi connectivity index (χ1v) is 9.01. The summed E-state index contributed by atoms with van der Waals surface area (Å²) in [6.45, 7) is 2.14. The summed E-state index contributed by atoms with van der Waals surface area (Å²) < 4.78 is 10.4. The zero-order chi connectivity index (χ0) is 19.3. The Hall–Kier alpha value is -2.94. The summed E-state index contributed by atoms with van der Waals surface area (Å²) in [6.07, 6.45) is 0. The lowest BCUT2D eigenvalue weighted by molar-refractivity contribution is 0.537. The number of aromatic nitrogens is 5. The van der Waals surface area contributed by atoms with Gasteiger partial charge in [-0.25, -0.2) is 14.8 Å². The van der Waals surface area contributed by atoms with Crippen LogP contribution in [0.5, 0.6) is 0 Å². The van der Waals surface area contributed by atoms with E-state index in [1.165, 1.54) is 11.6 Å². The molecular formula is C18H16BrN5O3. The van der Waals surface area contributed by atoms with E-state index in [2.05, 4.69) is 25.9 Å². The summed E-state index contributed by atoms with van der Waals surface area (Å²) in [5.41, 5.74) is 1.37. The minimum atomic E-state index is -0.436. The van der Waals surface area contributed by atoms with E-state index in [1.807, 2.05) is 37.3 Å². The van der Waals surface area contributed by atoms with Crippen molar-refractivity contribution in [1.82, 2.24) is 23.7 Å². The Morgan fingerprint density at radius 1 is 1.07 bits per heavy atom. The van der Waals surface area contributed by atoms with Crippen LogP contribution in [-0.4, -0.2) is 23.7 Å². The molecule has 4 aromatic rings.